The summed E-state index contributed by atoms with van der Waals surface area (Å²) in [5.41, 5.74) is 1.38. The summed E-state index contributed by atoms with van der Waals surface area (Å²) in [6.07, 6.45) is 1.47. The van der Waals surface area contributed by atoms with E-state index in [9.17, 15) is 5.11 Å². The predicted molar refractivity (Wildman–Crippen MR) is 49.6 cm³/mol. The predicted octanol–water partition coefficient (Wildman–Crippen LogP) is 2.78. The van der Waals surface area contributed by atoms with Crippen molar-refractivity contribution in [2.45, 2.75) is 33.8 Å². The molecule has 0 rings (SSSR count). The number of hydrogen-bond acceptors (Lipinski definition) is 1. The second-order valence-corrected chi connectivity index (χ2v) is 4.24. The Labute approximate surface area is 74.1 Å². The quantitative estimate of drug-likeness (QED) is 0.686. The fourth-order valence-electron chi connectivity index (χ4n) is 1.01. The molecule has 0 aliphatic rings. The molecular weight excluding hydrogens is 160 g/mol. The van der Waals surface area contributed by atoms with E-state index in [1.165, 1.54) is 5.54 Å². The van der Waals surface area contributed by atoms with Gasteiger partial charge in [0.05, 0.1) is 6.10 Å². The van der Waals surface area contributed by atoms with E-state index >= 15 is 0 Å². The summed E-state index contributed by atoms with van der Waals surface area (Å²) in [5.74, 6) is 0.118. The number of hydrogen-bond donors (Lipinski definition) is 1. The Bertz CT molecular complexity index is 135. The van der Waals surface area contributed by atoms with Crippen molar-refractivity contribution in [2.24, 2.45) is 11.3 Å². The van der Waals surface area contributed by atoms with Crippen molar-refractivity contribution in [3.05, 3.63) is 11.6 Å². The van der Waals surface area contributed by atoms with E-state index in [1.54, 1.807) is 6.08 Å². The van der Waals surface area contributed by atoms with Crippen LogP contribution in [0.3, 0.4) is 0 Å². The molecule has 0 spiro atoms. The van der Waals surface area contributed by atoms with Crippen LogP contribution in [0.5, 0.6) is 0 Å². The molecule has 66 valence electrons. The van der Waals surface area contributed by atoms with E-state index in [2.05, 4.69) is 0 Å². The molecule has 0 aromatic carbocycles. The van der Waals surface area contributed by atoms with Crippen molar-refractivity contribution < 1.29 is 5.11 Å². The van der Waals surface area contributed by atoms with E-state index in [1.807, 2.05) is 27.7 Å². The Hall–Kier alpha value is -0.0100. The molecule has 0 aliphatic carbocycles. The zero-order chi connectivity index (χ0) is 9.07. The summed E-state index contributed by atoms with van der Waals surface area (Å²) >= 11 is 5.40. The van der Waals surface area contributed by atoms with Crippen LogP contribution in [0.2, 0.25) is 0 Å². The first kappa shape index (κ1) is 11.0. The monoisotopic (exact) mass is 176 g/mol. The molecule has 1 nitrogen and oxygen atoms in total. The van der Waals surface area contributed by atoms with E-state index in [4.69, 9.17) is 11.6 Å². The zero-order valence-electron chi connectivity index (χ0n) is 7.63. The highest BCUT2D eigenvalue weighted by molar-refractivity contribution is 6.25. The average molecular weight is 177 g/mol. The Balaban J connectivity index is 4.13. The molecule has 1 N–H and O–H groups in total. The smallest absolute Gasteiger partial charge is 0.0648 e. The maximum Gasteiger partial charge on any atom is 0.0648 e. The third kappa shape index (κ3) is 3.78. The SMILES string of the molecule is CC(/C=C/Cl)C(O)C(C)(C)C. The minimum absolute atomic E-state index is 0.0736. The van der Waals surface area contributed by atoms with Gasteiger partial charge < -0.3 is 5.11 Å². The Morgan fingerprint density at radius 3 is 2.09 bits per heavy atom. The second-order valence-electron chi connectivity index (χ2n) is 3.99. The largest absolute Gasteiger partial charge is 0.392 e. The Morgan fingerprint density at radius 1 is 1.36 bits per heavy atom. The highest BCUT2D eigenvalue weighted by Gasteiger charge is 2.25. The van der Waals surface area contributed by atoms with Gasteiger partial charge in [-0.3, -0.25) is 0 Å². The molecule has 2 atom stereocenters. The third-order valence-electron chi connectivity index (χ3n) is 1.76. The van der Waals surface area contributed by atoms with Crippen molar-refractivity contribution in [2.75, 3.05) is 0 Å². The molecule has 0 saturated carbocycles. The molecule has 2 heteroatoms. The normalized spacial score (nSPS) is 18.7. The van der Waals surface area contributed by atoms with Gasteiger partial charge in [0, 0.05) is 11.5 Å². The summed E-state index contributed by atoms with van der Waals surface area (Å²) in [6, 6.07) is 0. The summed E-state index contributed by atoms with van der Waals surface area (Å²) in [4.78, 5) is 0. The van der Waals surface area contributed by atoms with Crippen LogP contribution in [-0.2, 0) is 0 Å². The van der Waals surface area contributed by atoms with Crippen LogP contribution < -0.4 is 0 Å². The van der Waals surface area contributed by atoms with Gasteiger partial charge in [-0.1, -0.05) is 45.4 Å². The molecule has 2 unspecified atom stereocenters. The summed E-state index contributed by atoms with van der Waals surface area (Å²) in [7, 11) is 0. The summed E-state index contributed by atoms with van der Waals surface area (Å²) in [6.45, 7) is 7.98. The van der Waals surface area contributed by atoms with E-state index in [-0.39, 0.29) is 17.4 Å². The number of halogens is 1. The molecule has 0 amide bonds. The van der Waals surface area contributed by atoms with Crippen LogP contribution in [0.4, 0.5) is 0 Å². The molecule has 0 bridgehead atoms. The maximum atomic E-state index is 9.68. The van der Waals surface area contributed by atoms with E-state index < -0.39 is 0 Å². The van der Waals surface area contributed by atoms with Crippen LogP contribution in [0, 0.1) is 11.3 Å². The highest BCUT2D eigenvalue weighted by atomic mass is 35.5. The van der Waals surface area contributed by atoms with Crippen molar-refractivity contribution in [3.8, 4) is 0 Å². The first-order valence-corrected chi connectivity index (χ1v) is 4.28. The lowest BCUT2D eigenvalue weighted by Crippen LogP contribution is -2.31. The lowest BCUT2D eigenvalue weighted by molar-refractivity contribution is 0.0338. The maximum absolute atomic E-state index is 9.68. The van der Waals surface area contributed by atoms with Gasteiger partial charge in [-0.2, -0.15) is 0 Å². The second kappa shape index (κ2) is 4.13. The topological polar surface area (TPSA) is 20.2 Å². The van der Waals surface area contributed by atoms with Gasteiger partial charge in [0.1, 0.15) is 0 Å². The van der Waals surface area contributed by atoms with Crippen molar-refractivity contribution in [1.29, 1.82) is 0 Å². The van der Waals surface area contributed by atoms with Gasteiger partial charge in [-0.15, -0.1) is 0 Å². The highest BCUT2D eigenvalue weighted by Crippen LogP contribution is 2.25. The lowest BCUT2D eigenvalue weighted by Gasteiger charge is -2.29. The minimum Gasteiger partial charge on any atom is -0.392 e. The van der Waals surface area contributed by atoms with Crippen LogP contribution in [-0.4, -0.2) is 11.2 Å². The van der Waals surface area contributed by atoms with Crippen LogP contribution in [0.15, 0.2) is 11.6 Å². The van der Waals surface area contributed by atoms with Gasteiger partial charge in [-0.05, 0) is 5.41 Å². The molecule has 0 heterocycles. The molecular formula is C9H17ClO. The molecule has 0 aliphatic heterocycles. The summed E-state index contributed by atoms with van der Waals surface area (Å²) in [5, 5.41) is 9.68. The molecule has 0 aromatic heterocycles. The zero-order valence-corrected chi connectivity index (χ0v) is 8.39. The van der Waals surface area contributed by atoms with Gasteiger partial charge in [0.25, 0.3) is 0 Å². The fraction of sp³-hybridized carbons (Fsp3) is 0.778. The Kier molecular flexibility index (Phi) is 4.12. The van der Waals surface area contributed by atoms with Crippen LogP contribution in [0.1, 0.15) is 27.7 Å². The number of aliphatic hydroxyl groups is 1. The van der Waals surface area contributed by atoms with E-state index in [0.29, 0.717) is 0 Å². The fourth-order valence-corrected chi connectivity index (χ4v) is 1.24. The van der Waals surface area contributed by atoms with Crippen molar-refractivity contribution in [3.63, 3.8) is 0 Å². The van der Waals surface area contributed by atoms with Crippen LogP contribution >= 0.6 is 11.6 Å². The standard InChI is InChI=1S/C9H17ClO/c1-7(5-6-10)8(11)9(2,3)4/h5-8,11H,1-4H3/b6-5+. The van der Waals surface area contributed by atoms with Gasteiger partial charge in [0.15, 0.2) is 0 Å². The third-order valence-corrected chi connectivity index (χ3v) is 1.91. The first-order chi connectivity index (χ1) is 4.89. The molecule has 0 fully saturated rings. The molecule has 11 heavy (non-hydrogen) atoms. The van der Waals surface area contributed by atoms with Gasteiger partial charge in [0.2, 0.25) is 0 Å². The number of aliphatic hydroxyl groups excluding tert-OH is 1. The van der Waals surface area contributed by atoms with Gasteiger partial charge >= 0.3 is 0 Å². The molecule has 0 radical (unpaired) electrons. The Morgan fingerprint density at radius 2 is 1.82 bits per heavy atom. The van der Waals surface area contributed by atoms with Crippen molar-refractivity contribution >= 4 is 11.6 Å². The van der Waals surface area contributed by atoms with E-state index in [0.717, 1.165) is 0 Å². The first-order valence-electron chi connectivity index (χ1n) is 3.84. The van der Waals surface area contributed by atoms with Crippen LogP contribution in [0.25, 0.3) is 0 Å². The van der Waals surface area contributed by atoms with Gasteiger partial charge in [-0.25, -0.2) is 0 Å². The molecule has 0 aromatic rings. The molecule has 0 saturated heterocycles. The van der Waals surface area contributed by atoms with Crippen molar-refractivity contribution in [1.82, 2.24) is 0 Å². The minimum atomic E-state index is -0.336. The summed E-state index contributed by atoms with van der Waals surface area (Å²) < 4.78 is 0. The lowest BCUT2D eigenvalue weighted by atomic mass is 9.82. The average Bonchev–Trinajstić information content (AvgIpc) is 1.85. The number of rotatable bonds is 2.